The van der Waals surface area contributed by atoms with E-state index in [-0.39, 0.29) is 0 Å². The summed E-state index contributed by atoms with van der Waals surface area (Å²) >= 11 is 0. The van der Waals surface area contributed by atoms with Gasteiger partial charge in [-0.2, -0.15) is 0 Å². The summed E-state index contributed by atoms with van der Waals surface area (Å²) in [5.41, 5.74) is 0. The second-order valence-corrected chi connectivity index (χ2v) is 17.3. The van der Waals surface area contributed by atoms with Crippen LogP contribution in [-0.4, -0.2) is 47.1 Å². The van der Waals surface area contributed by atoms with E-state index in [0.29, 0.717) is 0 Å². The highest BCUT2D eigenvalue weighted by Gasteiger charge is 2.61. The molecule has 94 heavy (non-hydrogen) atoms. The summed E-state index contributed by atoms with van der Waals surface area (Å²) < 4.78 is 117. The molecule has 1 saturated carbocycles. The molecule has 1 fully saturated rings. The molecule has 0 aromatic rings. The van der Waals surface area contributed by atoms with Gasteiger partial charge in [-0.1, -0.05) is 18.7 Å². The molecule has 0 heterocycles. The standard InChI is InChI=1S/C6H18O82P6/c7-31-35-39-43-47-51-55-59-63-67-71-75-79-83-87-93(23,85-81-77-73-69-65-61-57-53-49-45-41-37-33-9)29-5-3(27-91(17,18)19)1(25-89(11,12)13)2(26-90(14,15)16)4(28-92(20,21)22)6(5)30-94(24,86-82-78-74-70-66-62-58-54-50-46-42-38-34-10)88-84-80-76-72-68-64-60-56-52-48-44-40-36-32-8/h1-10H,(H2,11,12,13)(H2,14,15,16)(H2,17,18,19)(H2,20,21,22)/p-10. The molecule has 88 heteroatoms. The largest absolute Gasteiger partial charge is 0.790 e. The molecule has 564 valence electrons. The second kappa shape index (κ2) is 55.1. The van der Waals surface area contributed by atoms with E-state index in [1.165, 1.54) is 0 Å². The molecule has 1 rings (SSSR count). The lowest BCUT2D eigenvalue weighted by Crippen LogP contribution is -2.67. The van der Waals surface area contributed by atoms with Gasteiger partial charge in [0.05, 0.1) is 31.3 Å². The van der Waals surface area contributed by atoms with E-state index in [2.05, 4.69) is 318 Å². The SMILES string of the molecule is O=P([O-])([O-])OC1C(OP(=O)([O-])[O-])C(OP(=O)([O-])[O-])C(OP(=O)(OOOOOOOOOOOOOOO)OOOOOOOOOOOOOOO[O-])C(OP(=O)(OOOOOOOOOOOOOOO)OOOOOOOOOOOOOOO[O-])C1OP(=O)([O-])[O-]. The summed E-state index contributed by atoms with van der Waals surface area (Å²) in [7, 11) is -43.4. The molecular formula is C6H8O82P6-10. The molecule has 0 amide bonds. The van der Waals surface area contributed by atoms with Gasteiger partial charge >= 0.3 is 15.6 Å². The van der Waals surface area contributed by atoms with Crippen molar-refractivity contribution < 1.29 is 405 Å². The van der Waals surface area contributed by atoms with Crippen LogP contribution >= 0.6 is 46.9 Å². The van der Waals surface area contributed by atoms with Crippen LogP contribution in [0.2, 0.25) is 0 Å². The summed E-state index contributed by atoms with van der Waals surface area (Å²) in [5.74, 6) is 0. The van der Waals surface area contributed by atoms with Gasteiger partial charge in [0.1, 0.15) is 36.6 Å². The van der Waals surface area contributed by atoms with Crippen LogP contribution in [0.15, 0.2) is 0 Å². The summed E-state index contributed by atoms with van der Waals surface area (Å²) in [4.78, 5) is 97.1. The van der Waals surface area contributed by atoms with Crippen molar-refractivity contribution in [3.8, 4) is 0 Å². The van der Waals surface area contributed by atoms with Crippen molar-refractivity contribution in [1.29, 1.82) is 0 Å². The molecule has 1 aliphatic carbocycles. The third-order valence-corrected chi connectivity index (χ3v) is 9.31. The van der Waals surface area contributed by atoms with Crippen LogP contribution in [0.5, 0.6) is 0 Å². The summed E-state index contributed by atoms with van der Waals surface area (Å²) in [5, 5.41) is 215. The Morgan fingerprint density at radius 2 is 0.319 bits per heavy atom. The fourth-order valence-corrected chi connectivity index (χ4v) is 7.37. The number of phosphoric acid groups is 6. The Hall–Kier alpha value is -1.66. The monoisotopic (exact) mass is 1580 g/mol. The minimum atomic E-state index is -7.33. The maximum atomic E-state index is 14.1. The molecule has 0 saturated heterocycles. The highest BCUT2D eigenvalue weighted by Crippen LogP contribution is 2.60. The van der Waals surface area contributed by atoms with Gasteiger partial charge in [-0.15, -0.1) is 0 Å². The molecule has 0 spiro atoms. The van der Waals surface area contributed by atoms with Crippen molar-refractivity contribution in [3.05, 3.63) is 0 Å². The molecule has 8 unspecified atom stereocenters. The van der Waals surface area contributed by atoms with Gasteiger partial charge in [0, 0.05) is 0 Å². The molecule has 1 aliphatic rings. The van der Waals surface area contributed by atoms with Gasteiger partial charge in [0.15, 0.2) is 0 Å². The van der Waals surface area contributed by atoms with E-state index < -0.39 is 83.6 Å². The van der Waals surface area contributed by atoms with Crippen molar-refractivity contribution in [2.75, 3.05) is 0 Å². The van der Waals surface area contributed by atoms with E-state index in [0.717, 1.165) is 0 Å². The lowest BCUT2D eigenvalue weighted by atomic mass is 9.85. The first-order valence-corrected chi connectivity index (χ1v) is 26.3. The topological polar surface area (TPSA) is 964 Å². The van der Waals surface area contributed by atoms with Crippen LogP contribution in [0, 0.1) is 0 Å². The Balaban J connectivity index is 3.85. The van der Waals surface area contributed by atoms with E-state index in [1.54, 1.807) is 0 Å². The average molecular weight is 1580 g/mol. The lowest BCUT2D eigenvalue weighted by molar-refractivity contribution is -0.918. The molecular weight excluding hydrogens is 1570 g/mol. The van der Waals surface area contributed by atoms with E-state index >= 15 is 0 Å². The van der Waals surface area contributed by atoms with Crippen molar-refractivity contribution in [2.45, 2.75) is 36.6 Å². The second-order valence-electron chi connectivity index (χ2n) is 10.1. The predicted molar refractivity (Wildman–Crippen MR) is 143 cm³/mol. The number of hydrogen-bond donors (Lipinski definition) is 2. The maximum Gasteiger partial charge on any atom is 0.534 e. The van der Waals surface area contributed by atoms with Gasteiger partial charge in [-0.25, -0.2) is 19.6 Å². The fourth-order valence-electron chi connectivity index (χ4n) is 3.55. The van der Waals surface area contributed by atoms with Gasteiger partial charge < -0.3 is 86.0 Å². The molecule has 0 aromatic heterocycles. The summed E-state index contributed by atoms with van der Waals surface area (Å²) in [6.07, 6.45) is -24.9. The molecule has 2 N–H and O–H groups in total. The normalized spacial score (nSPS) is 19.7. The third-order valence-electron chi connectivity index (χ3n) is 5.33. The van der Waals surface area contributed by atoms with E-state index in [9.17, 15) is 77.1 Å². The van der Waals surface area contributed by atoms with Gasteiger partial charge in [0.25, 0.3) is 0 Å². The van der Waals surface area contributed by atoms with Crippen LogP contribution in [0.25, 0.3) is 0 Å². The summed E-state index contributed by atoms with van der Waals surface area (Å²) in [6, 6.07) is 0. The third kappa shape index (κ3) is 51.5. The number of phosphoric ester groups is 4. The molecule has 8 atom stereocenters. The van der Waals surface area contributed by atoms with Crippen molar-refractivity contribution in [1.82, 2.24) is 0 Å². The quantitative estimate of drug-likeness (QED) is 0.0247. The Kier molecular flexibility index (Phi) is 52.9. The first kappa shape index (κ1) is 90.4. The van der Waals surface area contributed by atoms with E-state index in [1.807, 2.05) is 0 Å². The number of rotatable bonds is 70. The molecule has 0 radical (unpaired) electrons. The Bertz CT molecular complexity index is 1890. The van der Waals surface area contributed by atoms with E-state index in [4.69, 9.17) is 10.5 Å². The van der Waals surface area contributed by atoms with Crippen LogP contribution in [-0.2, 0) is 345 Å². The predicted octanol–water partition coefficient (Wildman–Crippen LogP) is -12.3. The van der Waals surface area contributed by atoms with Crippen molar-refractivity contribution in [3.63, 3.8) is 0 Å². The van der Waals surface area contributed by atoms with Crippen LogP contribution in [0.4, 0.5) is 0 Å². The minimum Gasteiger partial charge on any atom is -0.790 e. The zero-order valence-electron chi connectivity index (χ0n) is 39.7. The van der Waals surface area contributed by atoms with Crippen LogP contribution in [0.3, 0.4) is 0 Å². The maximum absolute atomic E-state index is 14.1. The molecule has 0 aromatic carbocycles. The Labute approximate surface area is 490 Å². The highest BCUT2D eigenvalue weighted by atomic mass is 31.2. The van der Waals surface area contributed by atoms with Crippen LogP contribution in [0.1, 0.15) is 0 Å². The van der Waals surface area contributed by atoms with Crippen molar-refractivity contribution in [2.24, 2.45) is 0 Å². The first-order valence-electron chi connectivity index (χ1n) is 17.5. The minimum absolute atomic E-state index is 2.59. The molecule has 82 nitrogen and oxygen atoms in total. The average Bonchev–Trinajstić information content (AvgIpc) is 0.743. The number of hydrogen-bond acceptors (Lipinski definition) is 82. The Morgan fingerprint density at radius 3 is 0.457 bits per heavy atom. The molecule has 0 bridgehead atoms. The Morgan fingerprint density at radius 1 is 0.191 bits per heavy atom. The van der Waals surface area contributed by atoms with Crippen LogP contribution < -0.4 is 49.7 Å². The van der Waals surface area contributed by atoms with Gasteiger partial charge in [0.2, 0.25) is 0 Å². The first-order chi connectivity index (χ1) is 44.8. The lowest BCUT2D eigenvalue weighted by Gasteiger charge is -2.55. The zero-order chi connectivity index (χ0) is 69.7. The van der Waals surface area contributed by atoms with Gasteiger partial charge in [-0.3, -0.25) is 19.1 Å². The smallest absolute Gasteiger partial charge is 0.534 e. The fraction of sp³-hybridized carbons (Fsp3) is 1.00. The van der Waals surface area contributed by atoms with Gasteiger partial charge in [-0.05, 0) is 262 Å². The molecule has 0 aliphatic heterocycles. The zero-order valence-corrected chi connectivity index (χ0v) is 45.1. The highest BCUT2D eigenvalue weighted by molar-refractivity contribution is 7.48. The van der Waals surface area contributed by atoms with Crippen molar-refractivity contribution >= 4 is 46.9 Å². The summed E-state index contributed by atoms with van der Waals surface area (Å²) in [6.45, 7) is 0.